The third kappa shape index (κ3) is 9.86. The molecule has 0 spiro atoms. The molecule has 1 fully saturated rings. The van der Waals surface area contributed by atoms with Gasteiger partial charge < -0.3 is 43.9 Å². The fraction of sp³-hybridized carbons (Fsp3) is 0.311. The van der Waals surface area contributed by atoms with Gasteiger partial charge in [0.05, 0.1) is 54.3 Å². The maximum absolute atomic E-state index is 10.2. The highest BCUT2D eigenvalue weighted by atomic mass is 16.5. The van der Waals surface area contributed by atoms with E-state index in [9.17, 15) is 15.3 Å². The quantitative estimate of drug-likeness (QED) is 0.0837. The van der Waals surface area contributed by atoms with Crippen LogP contribution >= 0.6 is 0 Å². The number of nitrogens with two attached hydrogens (primary N) is 1. The van der Waals surface area contributed by atoms with Crippen molar-refractivity contribution in [2.45, 2.75) is 39.8 Å². The molecule has 0 radical (unpaired) electrons. The largest absolute Gasteiger partial charge is 0.497 e. The third-order valence-corrected chi connectivity index (χ3v) is 9.47. The molecule has 1 aliphatic rings. The smallest absolute Gasteiger partial charge is 0.207 e. The standard InChI is InChI=1S/C21H21N3O3.C20H21N3O2.C4H8O/c1-3-24-20-12-17(26-2)8-9-18(20)19(13-22)21(24)15-4-6-16(7-5-15)27-11-10-23-14-25;1-3-23-19-12-16(24-2)8-9-17(19)18(13-22)20(23)14-4-6-15(7-5-14)25-11-10-21;1-2-4-5-3-1/h4-9,12,14H,3,10-11H2,1-2H3,(H,23,25);4-9,12H,3,10-11,21H2,1-2H3;1-4H2. The molecule has 0 unspecified atom stereocenters. The van der Waals surface area contributed by atoms with Crippen molar-refractivity contribution in [1.29, 1.82) is 10.5 Å². The van der Waals surface area contributed by atoms with Crippen molar-refractivity contribution >= 4 is 28.2 Å². The second kappa shape index (κ2) is 21.0. The van der Waals surface area contributed by atoms with E-state index < -0.39 is 0 Å². The fourth-order valence-electron chi connectivity index (χ4n) is 6.79. The molecule has 1 aliphatic heterocycles. The zero-order valence-corrected chi connectivity index (χ0v) is 33.0. The number of hydrogen-bond donors (Lipinski definition) is 2. The minimum Gasteiger partial charge on any atom is -0.497 e. The van der Waals surface area contributed by atoms with Crippen LogP contribution in [0.15, 0.2) is 84.9 Å². The second-order valence-corrected chi connectivity index (χ2v) is 12.9. The van der Waals surface area contributed by atoms with Crippen LogP contribution in [0.4, 0.5) is 0 Å². The first-order chi connectivity index (χ1) is 28.0. The van der Waals surface area contributed by atoms with E-state index >= 15 is 0 Å². The number of hydrogen-bond acceptors (Lipinski definition) is 9. The van der Waals surface area contributed by atoms with Crippen LogP contribution in [-0.4, -0.2) is 69.3 Å². The lowest BCUT2D eigenvalue weighted by molar-refractivity contribution is -0.109. The van der Waals surface area contributed by atoms with Gasteiger partial charge in [0.15, 0.2) is 0 Å². The summed E-state index contributed by atoms with van der Waals surface area (Å²) in [7, 11) is 3.28. The van der Waals surface area contributed by atoms with E-state index in [4.69, 9.17) is 29.4 Å². The summed E-state index contributed by atoms with van der Waals surface area (Å²) in [6.07, 6.45) is 3.20. The zero-order valence-electron chi connectivity index (χ0n) is 33.0. The van der Waals surface area contributed by atoms with Crippen LogP contribution in [-0.2, 0) is 22.6 Å². The zero-order chi connectivity index (χ0) is 40.6. The Balaban J connectivity index is 0.000000194. The van der Waals surface area contributed by atoms with Crippen LogP contribution in [0.2, 0.25) is 0 Å². The second-order valence-electron chi connectivity index (χ2n) is 12.9. The van der Waals surface area contributed by atoms with Gasteiger partial charge in [-0.1, -0.05) is 0 Å². The lowest BCUT2D eigenvalue weighted by Crippen LogP contribution is -2.18. The van der Waals surface area contributed by atoms with Crippen LogP contribution in [0.3, 0.4) is 0 Å². The molecule has 1 saturated heterocycles. The number of fused-ring (bicyclic) bond motifs is 2. The molecular weight excluding hydrogens is 721 g/mol. The Morgan fingerprint density at radius 3 is 1.49 bits per heavy atom. The Kier molecular flexibility index (Phi) is 15.4. The van der Waals surface area contributed by atoms with E-state index in [1.807, 2.05) is 84.9 Å². The van der Waals surface area contributed by atoms with Gasteiger partial charge in [0.2, 0.25) is 6.41 Å². The molecule has 12 nitrogen and oxygen atoms in total. The summed E-state index contributed by atoms with van der Waals surface area (Å²) in [5.41, 5.74) is 12.5. The van der Waals surface area contributed by atoms with Gasteiger partial charge in [0.1, 0.15) is 48.4 Å². The van der Waals surface area contributed by atoms with Gasteiger partial charge >= 0.3 is 0 Å². The van der Waals surface area contributed by atoms with Crippen molar-refractivity contribution in [3.63, 3.8) is 0 Å². The van der Waals surface area contributed by atoms with Crippen molar-refractivity contribution < 1.29 is 28.5 Å². The summed E-state index contributed by atoms with van der Waals surface area (Å²) in [4.78, 5) is 10.2. The number of benzene rings is 4. The molecule has 3 N–H and O–H groups in total. The van der Waals surface area contributed by atoms with E-state index in [2.05, 4.69) is 40.4 Å². The maximum atomic E-state index is 10.2. The Hall–Kier alpha value is -6.47. The van der Waals surface area contributed by atoms with Crippen LogP contribution in [0.1, 0.15) is 37.8 Å². The number of nitrogens with zero attached hydrogens (tertiary/aromatic N) is 4. The third-order valence-electron chi connectivity index (χ3n) is 9.47. The fourth-order valence-corrected chi connectivity index (χ4v) is 6.79. The van der Waals surface area contributed by atoms with E-state index in [0.717, 1.165) is 87.9 Å². The number of amides is 1. The summed E-state index contributed by atoms with van der Waals surface area (Å²) in [6.45, 7) is 9.43. The topological polar surface area (TPSA) is 159 Å². The minimum atomic E-state index is 0.399. The van der Waals surface area contributed by atoms with Gasteiger partial charge in [-0.15, -0.1) is 0 Å². The van der Waals surface area contributed by atoms with E-state index in [-0.39, 0.29) is 0 Å². The predicted octanol–water partition coefficient (Wildman–Crippen LogP) is 7.68. The van der Waals surface area contributed by atoms with Crippen LogP contribution in [0.25, 0.3) is 44.3 Å². The molecule has 0 aliphatic carbocycles. The highest BCUT2D eigenvalue weighted by molar-refractivity contribution is 5.96. The molecule has 0 atom stereocenters. The first kappa shape index (κ1) is 41.7. The molecule has 4 aromatic carbocycles. The first-order valence-corrected chi connectivity index (χ1v) is 19.1. The molecule has 0 saturated carbocycles. The minimum absolute atomic E-state index is 0.399. The van der Waals surface area contributed by atoms with Gasteiger partial charge in [-0.3, -0.25) is 4.79 Å². The monoisotopic (exact) mass is 770 g/mol. The molecule has 2 aromatic heterocycles. The number of nitrogens with one attached hydrogen (secondary N) is 1. The molecule has 57 heavy (non-hydrogen) atoms. The van der Waals surface area contributed by atoms with Crippen molar-refractivity contribution in [2.75, 3.05) is 53.7 Å². The molecular formula is C45H50N6O6. The van der Waals surface area contributed by atoms with Gasteiger partial charge in [0.25, 0.3) is 0 Å². The maximum Gasteiger partial charge on any atom is 0.207 e. The molecule has 6 aromatic rings. The Morgan fingerprint density at radius 2 is 1.14 bits per heavy atom. The van der Waals surface area contributed by atoms with Crippen molar-refractivity contribution in [3.8, 4) is 57.7 Å². The van der Waals surface area contributed by atoms with Crippen molar-refractivity contribution in [2.24, 2.45) is 5.73 Å². The Labute approximate surface area is 333 Å². The van der Waals surface area contributed by atoms with E-state index in [1.165, 1.54) is 12.8 Å². The summed E-state index contributed by atoms with van der Waals surface area (Å²) in [5, 5.41) is 23.9. The van der Waals surface area contributed by atoms with Crippen LogP contribution in [0.5, 0.6) is 23.0 Å². The lowest BCUT2D eigenvalue weighted by Gasteiger charge is -2.10. The van der Waals surface area contributed by atoms with Gasteiger partial charge in [-0.05, 0) is 111 Å². The molecule has 0 bridgehead atoms. The Morgan fingerprint density at radius 1 is 0.702 bits per heavy atom. The highest BCUT2D eigenvalue weighted by Gasteiger charge is 2.20. The SMILES string of the molecule is C1CCOC1.CCn1c(-c2ccc(OCCN)cc2)c(C#N)c2ccc(OC)cc21.CCn1c(-c2ccc(OCCNC=O)cc2)c(C#N)c2ccc(OC)cc21. The van der Waals surface area contributed by atoms with Crippen molar-refractivity contribution in [3.05, 3.63) is 96.1 Å². The Bertz CT molecular complexity index is 2310. The number of aromatic nitrogens is 2. The highest BCUT2D eigenvalue weighted by Crippen LogP contribution is 2.37. The average molecular weight is 771 g/mol. The summed E-state index contributed by atoms with van der Waals surface area (Å²) in [6, 6.07) is 31.7. The van der Waals surface area contributed by atoms with E-state index in [0.29, 0.717) is 49.6 Å². The molecule has 12 heteroatoms. The first-order valence-electron chi connectivity index (χ1n) is 19.1. The normalized spacial score (nSPS) is 11.7. The van der Waals surface area contributed by atoms with Crippen molar-refractivity contribution in [1.82, 2.24) is 14.5 Å². The number of methoxy groups -OCH3 is 2. The predicted molar refractivity (Wildman–Crippen MR) is 223 cm³/mol. The van der Waals surface area contributed by atoms with Gasteiger partial charge in [0, 0.05) is 55.8 Å². The molecule has 296 valence electrons. The number of nitriles is 2. The number of carbonyl (C=O) groups is 1. The van der Waals surface area contributed by atoms with E-state index in [1.54, 1.807) is 14.2 Å². The summed E-state index contributed by atoms with van der Waals surface area (Å²) in [5.74, 6) is 3.03. The average Bonchev–Trinajstić information content (AvgIpc) is 4.02. The molecule has 3 heterocycles. The summed E-state index contributed by atoms with van der Waals surface area (Å²) >= 11 is 0. The van der Waals surface area contributed by atoms with Crippen LogP contribution in [0, 0.1) is 22.7 Å². The van der Waals surface area contributed by atoms with Crippen LogP contribution < -0.4 is 30.0 Å². The number of carbonyl (C=O) groups excluding carboxylic acids is 1. The van der Waals surface area contributed by atoms with Gasteiger partial charge in [-0.2, -0.15) is 10.5 Å². The number of ether oxygens (including phenoxy) is 5. The number of aryl methyl sites for hydroxylation is 2. The summed E-state index contributed by atoms with van der Waals surface area (Å²) < 4.78 is 31.0. The van der Waals surface area contributed by atoms with Gasteiger partial charge in [-0.25, -0.2) is 0 Å². The number of rotatable bonds is 14. The molecule has 1 amide bonds. The molecule has 7 rings (SSSR count). The lowest BCUT2D eigenvalue weighted by atomic mass is 10.1.